The molecule has 0 bridgehead atoms. The number of benzene rings is 2. The predicted molar refractivity (Wildman–Crippen MR) is 126 cm³/mol. The number of aromatic nitrogens is 2. The van der Waals surface area contributed by atoms with Crippen molar-refractivity contribution in [2.45, 2.75) is 13.3 Å². The van der Waals surface area contributed by atoms with Crippen LogP contribution in [0.4, 0.5) is 5.82 Å². The number of hydrazone groups is 1. The van der Waals surface area contributed by atoms with E-state index >= 15 is 0 Å². The quantitative estimate of drug-likeness (QED) is 0.313. The highest BCUT2D eigenvalue weighted by molar-refractivity contribution is 5.92. The van der Waals surface area contributed by atoms with Gasteiger partial charge < -0.3 is 14.2 Å². The number of nitrogens with zero attached hydrogens (tertiary/aromatic N) is 4. The van der Waals surface area contributed by atoms with Gasteiger partial charge in [-0.3, -0.25) is 10.3 Å². The molecule has 3 aromatic rings. The summed E-state index contributed by atoms with van der Waals surface area (Å²) in [5, 5.41) is 5.16. The normalized spacial score (nSPS) is 14.7. The maximum absolute atomic E-state index is 6.06. The van der Waals surface area contributed by atoms with E-state index in [1.165, 1.54) is 11.9 Å². The molecule has 1 saturated heterocycles. The van der Waals surface area contributed by atoms with Crippen molar-refractivity contribution in [1.29, 1.82) is 0 Å². The van der Waals surface area contributed by atoms with Crippen LogP contribution in [0.25, 0.3) is 10.9 Å². The SMILES string of the molecule is COc1cc2ncnc(N/N=C/c3ccc(C)cc3)c2cc1OCCCN1CCOCC1. The number of anilines is 1. The second kappa shape index (κ2) is 10.9. The Morgan fingerprint density at radius 3 is 2.72 bits per heavy atom. The first-order valence-electron chi connectivity index (χ1n) is 10.8. The van der Waals surface area contributed by atoms with Gasteiger partial charge in [0, 0.05) is 31.1 Å². The molecule has 1 fully saturated rings. The Bertz CT molecular complexity index is 1050. The maximum atomic E-state index is 6.06. The third-order valence-corrected chi connectivity index (χ3v) is 5.36. The fraction of sp³-hybridized carbons (Fsp3) is 0.375. The molecule has 0 spiro atoms. The summed E-state index contributed by atoms with van der Waals surface area (Å²) in [4.78, 5) is 11.1. The van der Waals surface area contributed by atoms with Crippen LogP contribution in [0.3, 0.4) is 0 Å². The average molecular weight is 436 g/mol. The van der Waals surface area contributed by atoms with E-state index < -0.39 is 0 Å². The van der Waals surface area contributed by atoms with Gasteiger partial charge in [-0.2, -0.15) is 5.10 Å². The van der Waals surface area contributed by atoms with Gasteiger partial charge in [-0.05, 0) is 25.0 Å². The number of methoxy groups -OCH3 is 1. The molecule has 8 nitrogen and oxygen atoms in total. The standard InChI is InChI=1S/C24H29N5O3/c1-18-4-6-19(7-5-18)16-27-28-24-20-14-23(22(30-2)15-21(20)25-17-26-24)32-11-3-8-29-9-12-31-13-10-29/h4-7,14-17H,3,8-13H2,1-2H3,(H,25,26,28)/b27-16+. The second-order valence-corrected chi connectivity index (χ2v) is 7.68. The van der Waals surface area contributed by atoms with Crippen molar-refractivity contribution in [2.24, 2.45) is 5.10 Å². The Balaban J connectivity index is 1.44. The maximum Gasteiger partial charge on any atom is 0.162 e. The van der Waals surface area contributed by atoms with Crippen LogP contribution < -0.4 is 14.9 Å². The van der Waals surface area contributed by atoms with Gasteiger partial charge in [0.25, 0.3) is 0 Å². The minimum absolute atomic E-state index is 0.598. The molecule has 0 amide bonds. The zero-order valence-electron chi connectivity index (χ0n) is 18.6. The van der Waals surface area contributed by atoms with Crippen LogP contribution in [0.5, 0.6) is 11.5 Å². The van der Waals surface area contributed by atoms with Gasteiger partial charge in [0.2, 0.25) is 0 Å². The van der Waals surface area contributed by atoms with Crippen LogP contribution in [-0.2, 0) is 4.74 Å². The Kier molecular flexibility index (Phi) is 7.47. The number of morpholine rings is 1. The number of ether oxygens (including phenoxy) is 3. The fourth-order valence-electron chi connectivity index (χ4n) is 3.54. The first-order chi connectivity index (χ1) is 15.7. The van der Waals surface area contributed by atoms with Gasteiger partial charge in [-0.1, -0.05) is 29.8 Å². The van der Waals surface area contributed by atoms with Gasteiger partial charge >= 0.3 is 0 Å². The van der Waals surface area contributed by atoms with Crippen molar-refractivity contribution < 1.29 is 14.2 Å². The van der Waals surface area contributed by atoms with Crippen molar-refractivity contribution in [3.05, 3.63) is 53.9 Å². The number of nitrogens with one attached hydrogen (secondary N) is 1. The van der Waals surface area contributed by atoms with Crippen molar-refractivity contribution >= 4 is 22.9 Å². The zero-order chi connectivity index (χ0) is 22.2. The fourth-order valence-corrected chi connectivity index (χ4v) is 3.54. The third-order valence-electron chi connectivity index (χ3n) is 5.36. The van der Waals surface area contributed by atoms with Crippen LogP contribution in [0.2, 0.25) is 0 Å². The lowest BCUT2D eigenvalue weighted by molar-refractivity contribution is 0.0357. The molecule has 0 atom stereocenters. The summed E-state index contributed by atoms with van der Waals surface area (Å²) >= 11 is 0. The zero-order valence-corrected chi connectivity index (χ0v) is 18.6. The molecule has 4 rings (SSSR count). The topological polar surface area (TPSA) is 81.1 Å². The van der Waals surface area contributed by atoms with E-state index in [0.29, 0.717) is 23.9 Å². The van der Waals surface area contributed by atoms with E-state index in [1.807, 2.05) is 24.3 Å². The number of hydrogen-bond donors (Lipinski definition) is 1. The van der Waals surface area contributed by atoms with E-state index in [1.54, 1.807) is 13.3 Å². The summed E-state index contributed by atoms with van der Waals surface area (Å²) in [5.41, 5.74) is 6.00. The van der Waals surface area contributed by atoms with Gasteiger partial charge in [0.15, 0.2) is 17.3 Å². The minimum Gasteiger partial charge on any atom is -0.493 e. The van der Waals surface area contributed by atoms with Crippen LogP contribution in [0.1, 0.15) is 17.5 Å². The predicted octanol–water partition coefficient (Wildman–Crippen LogP) is 3.49. The molecule has 32 heavy (non-hydrogen) atoms. The van der Waals surface area contributed by atoms with Crippen molar-refractivity contribution in [2.75, 3.05) is 52.0 Å². The van der Waals surface area contributed by atoms with E-state index in [9.17, 15) is 0 Å². The summed E-state index contributed by atoms with van der Waals surface area (Å²) < 4.78 is 17.0. The van der Waals surface area contributed by atoms with Gasteiger partial charge in [0.05, 0.1) is 38.7 Å². The first kappa shape index (κ1) is 22.0. The molecular formula is C24H29N5O3. The third kappa shape index (κ3) is 5.72. The molecule has 1 aliphatic heterocycles. The van der Waals surface area contributed by atoms with Crippen LogP contribution in [-0.4, -0.2) is 67.6 Å². The number of rotatable bonds is 9. The Labute approximate surface area is 188 Å². The van der Waals surface area contributed by atoms with Crippen molar-refractivity contribution in [3.8, 4) is 11.5 Å². The lowest BCUT2D eigenvalue weighted by Gasteiger charge is -2.26. The lowest BCUT2D eigenvalue weighted by atomic mass is 10.2. The molecule has 0 saturated carbocycles. The van der Waals surface area contributed by atoms with Crippen molar-refractivity contribution in [3.63, 3.8) is 0 Å². The van der Waals surface area contributed by atoms with E-state index in [-0.39, 0.29) is 0 Å². The Morgan fingerprint density at radius 2 is 1.94 bits per heavy atom. The largest absolute Gasteiger partial charge is 0.493 e. The van der Waals surface area contributed by atoms with Crippen LogP contribution in [0, 0.1) is 6.92 Å². The summed E-state index contributed by atoms with van der Waals surface area (Å²) in [5.74, 6) is 1.93. The minimum atomic E-state index is 0.598. The monoisotopic (exact) mass is 435 g/mol. The van der Waals surface area contributed by atoms with Crippen molar-refractivity contribution in [1.82, 2.24) is 14.9 Å². The average Bonchev–Trinajstić information content (AvgIpc) is 2.83. The summed E-state index contributed by atoms with van der Waals surface area (Å²) in [6.45, 7) is 7.22. The van der Waals surface area contributed by atoms with E-state index in [0.717, 1.165) is 55.7 Å². The van der Waals surface area contributed by atoms with Crippen LogP contribution in [0.15, 0.2) is 47.8 Å². The number of aryl methyl sites for hydroxylation is 1. The van der Waals surface area contributed by atoms with Gasteiger partial charge in [0.1, 0.15) is 6.33 Å². The molecule has 2 aromatic carbocycles. The molecule has 0 radical (unpaired) electrons. The molecule has 8 heteroatoms. The highest BCUT2D eigenvalue weighted by Gasteiger charge is 2.13. The van der Waals surface area contributed by atoms with Crippen LogP contribution >= 0.6 is 0 Å². The highest BCUT2D eigenvalue weighted by atomic mass is 16.5. The summed E-state index contributed by atoms with van der Waals surface area (Å²) in [7, 11) is 1.63. The molecule has 2 heterocycles. The Morgan fingerprint density at radius 1 is 1.12 bits per heavy atom. The van der Waals surface area contributed by atoms with E-state index in [4.69, 9.17) is 14.2 Å². The number of fused-ring (bicyclic) bond motifs is 1. The molecule has 168 valence electrons. The smallest absolute Gasteiger partial charge is 0.162 e. The Hall–Kier alpha value is -3.23. The van der Waals surface area contributed by atoms with Gasteiger partial charge in [-0.25, -0.2) is 9.97 Å². The molecular weight excluding hydrogens is 406 g/mol. The summed E-state index contributed by atoms with van der Waals surface area (Å²) in [6, 6.07) is 11.9. The molecule has 1 aromatic heterocycles. The second-order valence-electron chi connectivity index (χ2n) is 7.68. The molecule has 0 aliphatic carbocycles. The first-order valence-corrected chi connectivity index (χ1v) is 10.8. The van der Waals surface area contributed by atoms with E-state index in [2.05, 4.69) is 44.5 Å². The highest BCUT2D eigenvalue weighted by Crippen LogP contribution is 2.34. The molecule has 0 unspecified atom stereocenters. The molecule has 1 N–H and O–H groups in total. The summed E-state index contributed by atoms with van der Waals surface area (Å²) in [6.07, 6.45) is 4.20. The number of hydrogen-bond acceptors (Lipinski definition) is 8. The lowest BCUT2D eigenvalue weighted by Crippen LogP contribution is -2.37. The molecule has 1 aliphatic rings. The van der Waals surface area contributed by atoms with Gasteiger partial charge in [-0.15, -0.1) is 0 Å².